The molecule has 116 valence electrons. The van der Waals surface area contributed by atoms with E-state index in [4.69, 9.17) is 0 Å². The minimum atomic E-state index is 0.736. The second kappa shape index (κ2) is 7.43. The van der Waals surface area contributed by atoms with Crippen molar-refractivity contribution in [1.29, 1.82) is 0 Å². The summed E-state index contributed by atoms with van der Waals surface area (Å²) in [6, 6.07) is 6.13. The predicted molar refractivity (Wildman–Crippen MR) is 88.3 cm³/mol. The van der Waals surface area contributed by atoms with Gasteiger partial charge in [0.15, 0.2) is 5.96 Å². The number of aromatic nitrogens is 1. The van der Waals surface area contributed by atoms with Crippen LogP contribution in [0.15, 0.2) is 23.2 Å². The van der Waals surface area contributed by atoms with Gasteiger partial charge in [-0.05, 0) is 43.7 Å². The molecule has 0 spiro atoms. The summed E-state index contributed by atoms with van der Waals surface area (Å²) in [5.74, 6) is 2.59. The maximum atomic E-state index is 4.52. The molecule has 4 nitrogen and oxygen atoms in total. The number of guanidine groups is 1. The van der Waals surface area contributed by atoms with Gasteiger partial charge in [0.25, 0.3) is 0 Å². The number of nitrogens with one attached hydrogen (secondary N) is 1. The van der Waals surface area contributed by atoms with Crippen LogP contribution in [-0.2, 0) is 6.54 Å². The summed E-state index contributed by atoms with van der Waals surface area (Å²) in [4.78, 5) is 11.3. The Morgan fingerprint density at radius 3 is 2.95 bits per heavy atom. The van der Waals surface area contributed by atoms with Crippen LogP contribution in [0, 0.1) is 18.8 Å². The molecule has 0 radical (unpaired) electrons. The number of aryl methyl sites for hydroxylation is 1. The van der Waals surface area contributed by atoms with E-state index in [1.165, 1.54) is 12.8 Å². The van der Waals surface area contributed by atoms with Gasteiger partial charge in [0.05, 0.1) is 12.2 Å². The zero-order chi connectivity index (χ0) is 15.2. The number of pyridine rings is 1. The van der Waals surface area contributed by atoms with E-state index >= 15 is 0 Å². The first-order valence-corrected chi connectivity index (χ1v) is 7.96. The van der Waals surface area contributed by atoms with Gasteiger partial charge in [-0.3, -0.25) is 9.98 Å². The second-order valence-electron chi connectivity index (χ2n) is 6.40. The molecule has 0 saturated carbocycles. The van der Waals surface area contributed by atoms with E-state index in [1.54, 1.807) is 0 Å². The van der Waals surface area contributed by atoms with Gasteiger partial charge in [-0.2, -0.15) is 0 Å². The second-order valence-corrected chi connectivity index (χ2v) is 6.40. The lowest BCUT2D eigenvalue weighted by atomic mass is 9.97. The maximum absolute atomic E-state index is 4.52. The van der Waals surface area contributed by atoms with Crippen molar-refractivity contribution >= 4 is 5.96 Å². The number of rotatable bonds is 4. The highest BCUT2D eigenvalue weighted by Crippen LogP contribution is 2.23. The topological polar surface area (TPSA) is 40.5 Å². The number of nitrogens with zero attached hydrogens (tertiary/aromatic N) is 3. The van der Waals surface area contributed by atoms with E-state index in [0.717, 1.165) is 48.8 Å². The largest absolute Gasteiger partial charge is 0.351 e. The normalized spacial score (nSPS) is 19.4. The molecule has 1 aromatic rings. The SMILES string of the molecule is CN=C(NCc1cccc(C)n1)N1CCC(CC(C)C)C1. The lowest BCUT2D eigenvalue weighted by Gasteiger charge is -2.22. The van der Waals surface area contributed by atoms with Gasteiger partial charge < -0.3 is 10.2 Å². The summed E-state index contributed by atoms with van der Waals surface area (Å²) < 4.78 is 0. The van der Waals surface area contributed by atoms with E-state index < -0.39 is 0 Å². The Kier molecular flexibility index (Phi) is 5.59. The summed E-state index contributed by atoms with van der Waals surface area (Å²) in [6.07, 6.45) is 2.59. The molecule has 1 aliphatic heterocycles. The zero-order valence-electron chi connectivity index (χ0n) is 13.8. The van der Waals surface area contributed by atoms with Gasteiger partial charge in [0, 0.05) is 25.8 Å². The standard InChI is InChI=1S/C17H28N4/c1-13(2)10-15-8-9-21(12-15)17(18-4)19-11-16-7-5-6-14(3)20-16/h5-7,13,15H,8-12H2,1-4H3,(H,18,19). The van der Waals surface area contributed by atoms with Crippen LogP contribution in [0.1, 0.15) is 38.1 Å². The fourth-order valence-electron chi connectivity index (χ4n) is 3.08. The summed E-state index contributed by atoms with van der Waals surface area (Å²) >= 11 is 0. The van der Waals surface area contributed by atoms with Gasteiger partial charge in [0.2, 0.25) is 0 Å². The molecule has 1 fully saturated rings. The molecule has 1 N–H and O–H groups in total. The number of hydrogen-bond acceptors (Lipinski definition) is 2. The Morgan fingerprint density at radius 2 is 2.29 bits per heavy atom. The number of hydrogen-bond donors (Lipinski definition) is 1. The average Bonchev–Trinajstić information content (AvgIpc) is 2.87. The molecule has 2 heterocycles. The van der Waals surface area contributed by atoms with E-state index in [-0.39, 0.29) is 0 Å². The molecule has 2 rings (SSSR count). The smallest absolute Gasteiger partial charge is 0.193 e. The minimum absolute atomic E-state index is 0.736. The summed E-state index contributed by atoms with van der Waals surface area (Å²) in [5.41, 5.74) is 2.12. The third-order valence-electron chi connectivity index (χ3n) is 3.98. The van der Waals surface area contributed by atoms with Gasteiger partial charge in [-0.25, -0.2) is 0 Å². The van der Waals surface area contributed by atoms with Crippen LogP contribution in [0.5, 0.6) is 0 Å². The van der Waals surface area contributed by atoms with Crippen LogP contribution in [0.4, 0.5) is 0 Å². The highest BCUT2D eigenvalue weighted by molar-refractivity contribution is 5.80. The molecule has 4 heteroatoms. The molecule has 1 aliphatic rings. The summed E-state index contributed by atoms with van der Waals surface area (Å²) in [6.45, 7) is 9.60. The van der Waals surface area contributed by atoms with E-state index in [0.29, 0.717) is 0 Å². The molecule has 1 unspecified atom stereocenters. The average molecular weight is 288 g/mol. The van der Waals surface area contributed by atoms with Crippen molar-refractivity contribution in [2.75, 3.05) is 20.1 Å². The monoisotopic (exact) mass is 288 g/mol. The van der Waals surface area contributed by atoms with Crippen LogP contribution in [0.2, 0.25) is 0 Å². The maximum Gasteiger partial charge on any atom is 0.193 e. The van der Waals surface area contributed by atoms with Crippen molar-refractivity contribution in [3.8, 4) is 0 Å². The van der Waals surface area contributed by atoms with Gasteiger partial charge >= 0.3 is 0 Å². The van der Waals surface area contributed by atoms with Crippen molar-refractivity contribution < 1.29 is 0 Å². The van der Waals surface area contributed by atoms with Crippen molar-refractivity contribution in [1.82, 2.24) is 15.2 Å². The predicted octanol–water partition coefficient (Wildman–Crippen LogP) is 2.83. The summed E-state index contributed by atoms with van der Waals surface area (Å²) in [7, 11) is 1.86. The Labute approximate surface area is 128 Å². The molecule has 0 aliphatic carbocycles. The first-order chi connectivity index (χ1) is 10.1. The lowest BCUT2D eigenvalue weighted by molar-refractivity contribution is 0.403. The Morgan fingerprint density at radius 1 is 1.48 bits per heavy atom. The first-order valence-electron chi connectivity index (χ1n) is 7.96. The van der Waals surface area contributed by atoms with E-state index in [2.05, 4.69) is 46.2 Å². The molecule has 1 atom stereocenters. The van der Waals surface area contributed by atoms with Crippen molar-refractivity contribution in [2.45, 2.75) is 40.2 Å². The van der Waals surface area contributed by atoms with Crippen LogP contribution in [0.3, 0.4) is 0 Å². The highest BCUT2D eigenvalue weighted by atomic mass is 15.3. The molecular weight excluding hydrogens is 260 g/mol. The fraction of sp³-hybridized carbons (Fsp3) is 0.647. The zero-order valence-corrected chi connectivity index (χ0v) is 13.8. The molecule has 0 aromatic carbocycles. The molecule has 1 saturated heterocycles. The number of aliphatic imine (C=N–C) groups is 1. The van der Waals surface area contributed by atoms with E-state index in [9.17, 15) is 0 Å². The Bertz CT molecular complexity index is 481. The Hall–Kier alpha value is -1.58. The van der Waals surface area contributed by atoms with Crippen molar-refractivity contribution in [2.24, 2.45) is 16.8 Å². The number of likely N-dealkylation sites (tertiary alicyclic amines) is 1. The molecular formula is C17H28N4. The lowest BCUT2D eigenvalue weighted by Crippen LogP contribution is -2.39. The highest BCUT2D eigenvalue weighted by Gasteiger charge is 2.25. The van der Waals surface area contributed by atoms with Gasteiger partial charge in [0.1, 0.15) is 0 Å². The molecule has 0 amide bonds. The van der Waals surface area contributed by atoms with Gasteiger partial charge in [-0.15, -0.1) is 0 Å². The third kappa shape index (κ3) is 4.73. The minimum Gasteiger partial charge on any atom is -0.351 e. The third-order valence-corrected chi connectivity index (χ3v) is 3.98. The molecule has 0 bridgehead atoms. The van der Waals surface area contributed by atoms with Crippen LogP contribution < -0.4 is 5.32 Å². The Balaban J connectivity index is 1.87. The summed E-state index contributed by atoms with van der Waals surface area (Å²) in [5, 5.41) is 3.44. The fourth-order valence-corrected chi connectivity index (χ4v) is 3.08. The van der Waals surface area contributed by atoms with Crippen molar-refractivity contribution in [3.63, 3.8) is 0 Å². The molecule has 1 aromatic heterocycles. The first kappa shape index (κ1) is 15.8. The van der Waals surface area contributed by atoms with Crippen LogP contribution in [0.25, 0.3) is 0 Å². The molecule has 21 heavy (non-hydrogen) atoms. The van der Waals surface area contributed by atoms with Crippen LogP contribution >= 0.6 is 0 Å². The van der Waals surface area contributed by atoms with Crippen LogP contribution in [-0.4, -0.2) is 36.0 Å². The van der Waals surface area contributed by atoms with E-state index in [1.807, 2.05) is 20.0 Å². The van der Waals surface area contributed by atoms with Crippen molar-refractivity contribution in [3.05, 3.63) is 29.6 Å². The van der Waals surface area contributed by atoms with Gasteiger partial charge in [-0.1, -0.05) is 19.9 Å². The quantitative estimate of drug-likeness (QED) is 0.684.